The number of hydrazone groups is 1. The maximum atomic E-state index is 13.6. The van der Waals surface area contributed by atoms with E-state index >= 15 is 0 Å². The average Bonchev–Trinajstić information content (AvgIpc) is 3.14. The number of nitrogens with one attached hydrogen (secondary N) is 1. The fraction of sp³-hybridized carbons (Fsp3) is 0.435. The van der Waals surface area contributed by atoms with Crippen LogP contribution in [0.15, 0.2) is 34.2 Å². The number of rotatable bonds is 4. The van der Waals surface area contributed by atoms with Gasteiger partial charge in [0.15, 0.2) is 0 Å². The molecular weight excluding hydrogens is 399 g/mol. The quantitative estimate of drug-likeness (QED) is 0.449. The second kappa shape index (κ2) is 8.30. The van der Waals surface area contributed by atoms with Crippen molar-refractivity contribution in [1.29, 1.82) is 0 Å². The third-order valence-electron chi connectivity index (χ3n) is 6.21. The first-order valence-corrected chi connectivity index (χ1v) is 11.6. The van der Waals surface area contributed by atoms with Gasteiger partial charge in [-0.25, -0.2) is 14.8 Å². The Morgan fingerprint density at radius 1 is 1.10 bits per heavy atom. The van der Waals surface area contributed by atoms with E-state index in [4.69, 9.17) is 4.98 Å². The monoisotopic (exact) mass is 424 g/mol. The van der Waals surface area contributed by atoms with Crippen molar-refractivity contribution in [1.82, 2.24) is 9.55 Å². The number of halogens is 1. The van der Waals surface area contributed by atoms with Gasteiger partial charge in [-0.2, -0.15) is 5.10 Å². The first kappa shape index (κ1) is 19.4. The van der Waals surface area contributed by atoms with Gasteiger partial charge in [-0.15, -0.1) is 11.3 Å². The van der Waals surface area contributed by atoms with Crippen LogP contribution in [0.3, 0.4) is 0 Å². The highest BCUT2D eigenvalue weighted by atomic mass is 32.1. The largest absolute Gasteiger partial charge is 0.274 e. The summed E-state index contributed by atoms with van der Waals surface area (Å²) < 4.78 is 15.0. The van der Waals surface area contributed by atoms with Crippen molar-refractivity contribution in [3.63, 3.8) is 0 Å². The van der Waals surface area contributed by atoms with Crippen LogP contribution in [0.25, 0.3) is 10.2 Å². The van der Waals surface area contributed by atoms with Crippen molar-refractivity contribution in [2.45, 2.75) is 63.8 Å². The molecule has 1 N–H and O–H groups in total. The van der Waals surface area contributed by atoms with Crippen LogP contribution in [0, 0.1) is 5.82 Å². The minimum Gasteiger partial charge on any atom is -0.274 e. The van der Waals surface area contributed by atoms with Crippen molar-refractivity contribution in [2.75, 3.05) is 5.43 Å². The lowest BCUT2D eigenvalue weighted by Crippen LogP contribution is -2.29. The molecule has 0 aliphatic heterocycles. The maximum Gasteiger partial charge on any atom is 0.264 e. The van der Waals surface area contributed by atoms with Gasteiger partial charge in [0.25, 0.3) is 5.56 Å². The Hall–Kier alpha value is -2.54. The maximum absolute atomic E-state index is 13.6. The SMILES string of the molecule is O=c1c2c3c(sc2nc(NN=Cc2ccc(F)cc2)n1C1CCCCC1)CCCC3. The molecule has 2 aromatic heterocycles. The summed E-state index contributed by atoms with van der Waals surface area (Å²) in [6, 6.07) is 6.29. The second-order valence-corrected chi connectivity index (χ2v) is 9.30. The zero-order chi connectivity index (χ0) is 20.5. The Bertz CT molecular complexity index is 1140. The van der Waals surface area contributed by atoms with E-state index < -0.39 is 0 Å². The molecule has 0 spiro atoms. The summed E-state index contributed by atoms with van der Waals surface area (Å²) in [6.45, 7) is 0. The molecule has 3 aromatic rings. The molecule has 30 heavy (non-hydrogen) atoms. The molecule has 0 bridgehead atoms. The molecule has 2 aliphatic rings. The predicted octanol–water partition coefficient (Wildman–Crippen LogP) is 5.43. The molecule has 5 nitrogen and oxygen atoms in total. The first-order chi connectivity index (χ1) is 14.7. The van der Waals surface area contributed by atoms with Crippen LogP contribution >= 0.6 is 11.3 Å². The highest BCUT2D eigenvalue weighted by Gasteiger charge is 2.26. The number of fused-ring (bicyclic) bond motifs is 3. The smallest absolute Gasteiger partial charge is 0.264 e. The van der Waals surface area contributed by atoms with Gasteiger partial charge >= 0.3 is 0 Å². The summed E-state index contributed by atoms with van der Waals surface area (Å²) in [5.74, 6) is 0.233. The first-order valence-electron chi connectivity index (χ1n) is 10.8. The fourth-order valence-electron chi connectivity index (χ4n) is 4.69. The third kappa shape index (κ3) is 3.67. The molecule has 156 valence electrons. The van der Waals surface area contributed by atoms with E-state index in [1.807, 2.05) is 4.57 Å². The van der Waals surface area contributed by atoms with Gasteiger partial charge in [-0.3, -0.25) is 9.36 Å². The fourth-order valence-corrected chi connectivity index (χ4v) is 5.94. The molecule has 0 radical (unpaired) electrons. The van der Waals surface area contributed by atoms with E-state index in [2.05, 4.69) is 10.5 Å². The Balaban J connectivity index is 1.56. The average molecular weight is 425 g/mol. The van der Waals surface area contributed by atoms with Crippen LogP contribution < -0.4 is 11.0 Å². The summed E-state index contributed by atoms with van der Waals surface area (Å²) in [7, 11) is 0. The van der Waals surface area contributed by atoms with Crippen molar-refractivity contribution in [2.24, 2.45) is 5.10 Å². The van der Waals surface area contributed by atoms with E-state index in [9.17, 15) is 9.18 Å². The van der Waals surface area contributed by atoms with Gasteiger partial charge < -0.3 is 0 Å². The van der Waals surface area contributed by atoms with Crippen LogP contribution in [0.5, 0.6) is 0 Å². The molecule has 1 fully saturated rings. The van der Waals surface area contributed by atoms with Gasteiger partial charge in [-0.1, -0.05) is 31.4 Å². The number of hydrogen-bond donors (Lipinski definition) is 1. The highest BCUT2D eigenvalue weighted by Crippen LogP contribution is 2.36. The molecule has 0 unspecified atom stereocenters. The summed E-state index contributed by atoms with van der Waals surface area (Å²) in [6.07, 6.45) is 11.5. The number of thiophene rings is 1. The topological polar surface area (TPSA) is 59.3 Å². The minimum atomic E-state index is -0.278. The number of hydrogen-bond acceptors (Lipinski definition) is 5. The number of aromatic nitrogens is 2. The van der Waals surface area contributed by atoms with Crippen LogP contribution in [0.4, 0.5) is 10.3 Å². The zero-order valence-corrected chi connectivity index (χ0v) is 17.7. The number of nitrogens with zero attached hydrogens (tertiary/aromatic N) is 3. The van der Waals surface area contributed by atoms with E-state index in [0.29, 0.717) is 5.95 Å². The number of benzene rings is 1. The molecule has 0 amide bonds. The summed E-state index contributed by atoms with van der Waals surface area (Å²) in [4.78, 5) is 20.6. The van der Waals surface area contributed by atoms with Crippen molar-refractivity contribution in [3.05, 3.63) is 56.4 Å². The summed E-state index contributed by atoms with van der Waals surface area (Å²) >= 11 is 1.66. The standard InChI is InChI=1S/C23H25FN4OS/c24-16-12-10-15(11-13-16)14-25-27-23-26-21-20(18-8-4-5-9-19(18)30-21)22(29)28(23)17-6-2-1-3-7-17/h10-14,17H,1-9H2,(H,26,27). The van der Waals surface area contributed by atoms with E-state index in [1.165, 1.54) is 35.4 Å². The van der Waals surface area contributed by atoms with E-state index in [1.54, 1.807) is 29.7 Å². The Morgan fingerprint density at radius 3 is 2.67 bits per heavy atom. The molecule has 2 heterocycles. The van der Waals surface area contributed by atoms with Gasteiger partial charge in [0.1, 0.15) is 10.6 Å². The van der Waals surface area contributed by atoms with Crippen molar-refractivity contribution < 1.29 is 4.39 Å². The molecule has 0 saturated heterocycles. The Morgan fingerprint density at radius 2 is 1.87 bits per heavy atom. The Kier molecular flexibility index (Phi) is 5.37. The van der Waals surface area contributed by atoms with E-state index in [-0.39, 0.29) is 17.4 Å². The van der Waals surface area contributed by atoms with Gasteiger partial charge in [0, 0.05) is 10.9 Å². The molecule has 1 aromatic carbocycles. The van der Waals surface area contributed by atoms with Crippen LogP contribution in [-0.4, -0.2) is 15.8 Å². The van der Waals surface area contributed by atoms with Gasteiger partial charge in [0.2, 0.25) is 5.95 Å². The summed E-state index contributed by atoms with van der Waals surface area (Å²) in [5, 5.41) is 5.14. The molecule has 1 saturated carbocycles. The third-order valence-corrected chi connectivity index (χ3v) is 7.39. The summed E-state index contributed by atoms with van der Waals surface area (Å²) in [5.41, 5.74) is 5.10. The van der Waals surface area contributed by atoms with Crippen LogP contribution in [0.2, 0.25) is 0 Å². The van der Waals surface area contributed by atoms with E-state index in [0.717, 1.165) is 60.7 Å². The number of aryl methyl sites for hydroxylation is 2. The lowest BCUT2D eigenvalue weighted by Gasteiger charge is -2.25. The van der Waals surface area contributed by atoms with Crippen LogP contribution in [0.1, 0.15) is 67.0 Å². The van der Waals surface area contributed by atoms with Gasteiger partial charge in [0.05, 0.1) is 11.6 Å². The zero-order valence-electron chi connectivity index (χ0n) is 16.9. The number of anilines is 1. The van der Waals surface area contributed by atoms with Crippen LogP contribution in [-0.2, 0) is 12.8 Å². The molecule has 2 aliphatic carbocycles. The Labute approximate surface area is 178 Å². The minimum absolute atomic E-state index is 0.0748. The predicted molar refractivity (Wildman–Crippen MR) is 120 cm³/mol. The molecule has 0 atom stereocenters. The van der Waals surface area contributed by atoms with Gasteiger partial charge in [-0.05, 0) is 61.8 Å². The lowest BCUT2D eigenvalue weighted by atomic mass is 9.94. The lowest BCUT2D eigenvalue weighted by molar-refractivity contribution is 0.348. The molecule has 7 heteroatoms. The molecule has 5 rings (SSSR count). The van der Waals surface area contributed by atoms with Crippen molar-refractivity contribution in [3.8, 4) is 0 Å². The van der Waals surface area contributed by atoms with Crippen molar-refractivity contribution >= 4 is 33.7 Å². The highest BCUT2D eigenvalue weighted by molar-refractivity contribution is 7.18. The molecular formula is C23H25FN4OS. The normalized spacial score (nSPS) is 17.5. The second-order valence-electron chi connectivity index (χ2n) is 8.22.